The molecule has 6 heteroatoms. The molecule has 1 saturated heterocycles. The molecule has 2 rings (SSSR count). The highest BCUT2D eigenvalue weighted by Crippen LogP contribution is 2.21. The molecule has 1 aliphatic rings. The highest BCUT2D eigenvalue weighted by atomic mass is 32.1. The van der Waals surface area contributed by atoms with Crippen molar-refractivity contribution in [3.63, 3.8) is 0 Å². The number of aromatic nitrogens is 1. The molecule has 114 valence electrons. The number of ether oxygens (including phenoxy) is 2. The molecule has 2 N–H and O–H groups in total. The molecule has 2 heterocycles. The van der Waals surface area contributed by atoms with Crippen molar-refractivity contribution >= 4 is 11.3 Å². The number of aliphatic hydroxyl groups excluding tert-OH is 1. The summed E-state index contributed by atoms with van der Waals surface area (Å²) >= 11 is 1.62. The quantitative estimate of drug-likeness (QED) is 0.799. The van der Waals surface area contributed by atoms with Crippen LogP contribution in [0.2, 0.25) is 0 Å². The molecule has 0 saturated carbocycles. The number of thiazole rings is 1. The standard InChI is InChI=1S/C14H24N2O3S/c1-14(2,13-15-5-8-20-13)16-9-11(17)10-19-12-3-6-18-7-4-12/h5,8,11-12,16-17H,3-4,6-7,9-10H2,1-2H3. The van der Waals surface area contributed by atoms with E-state index in [9.17, 15) is 5.11 Å². The largest absolute Gasteiger partial charge is 0.389 e. The fourth-order valence-electron chi connectivity index (χ4n) is 2.13. The van der Waals surface area contributed by atoms with Crippen LogP contribution >= 0.6 is 11.3 Å². The Morgan fingerprint density at radius 3 is 2.95 bits per heavy atom. The minimum absolute atomic E-state index is 0.227. The molecule has 1 aromatic heterocycles. The maximum Gasteiger partial charge on any atom is 0.112 e. The lowest BCUT2D eigenvalue weighted by Crippen LogP contribution is -2.42. The topological polar surface area (TPSA) is 63.6 Å². The average molecular weight is 300 g/mol. The zero-order valence-corrected chi connectivity index (χ0v) is 13.0. The predicted molar refractivity (Wildman–Crippen MR) is 78.9 cm³/mol. The van der Waals surface area contributed by atoms with Crippen molar-refractivity contribution in [1.29, 1.82) is 0 Å². The molecule has 1 aliphatic heterocycles. The normalized spacial score (nSPS) is 19.1. The lowest BCUT2D eigenvalue weighted by molar-refractivity contribution is -0.0593. The van der Waals surface area contributed by atoms with Gasteiger partial charge in [-0.2, -0.15) is 0 Å². The fourth-order valence-corrected chi connectivity index (χ4v) is 2.87. The first-order valence-corrected chi connectivity index (χ1v) is 7.98. The first kappa shape index (κ1) is 15.9. The van der Waals surface area contributed by atoms with E-state index in [1.54, 1.807) is 17.5 Å². The number of hydrogen-bond donors (Lipinski definition) is 2. The first-order chi connectivity index (χ1) is 9.58. The van der Waals surface area contributed by atoms with E-state index in [4.69, 9.17) is 9.47 Å². The van der Waals surface area contributed by atoms with Crippen LogP contribution in [0.4, 0.5) is 0 Å². The van der Waals surface area contributed by atoms with E-state index in [2.05, 4.69) is 24.1 Å². The van der Waals surface area contributed by atoms with Crippen molar-refractivity contribution in [2.45, 2.75) is 44.4 Å². The SMILES string of the molecule is CC(C)(NCC(O)COC1CCOCC1)c1nccs1. The van der Waals surface area contributed by atoms with Crippen LogP contribution in [0.15, 0.2) is 11.6 Å². The van der Waals surface area contributed by atoms with Gasteiger partial charge in [-0.3, -0.25) is 0 Å². The molecule has 5 nitrogen and oxygen atoms in total. The van der Waals surface area contributed by atoms with Gasteiger partial charge in [0.1, 0.15) is 5.01 Å². The maximum atomic E-state index is 10.0. The van der Waals surface area contributed by atoms with Gasteiger partial charge in [0.05, 0.1) is 24.4 Å². The van der Waals surface area contributed by atoms with Crippen molar-refractivity contribution in [1.82, 2.24) is 10.3 Å². The minimum Gasteiger partial charge on any atom is -0.389 e. The van der Waals surface area contributed by atoms with Crippen molar-refractivity contribution in [2.75, 3.05) is 26.4 Å². The predicted octanol–water partition coefficient (Wildman–Crippen LogP) is 1.52. The Balaban J connectivity index is 1.68. The zero-order chi connectivity index (χ0) is 14.4. The highest BCUT2D eigenvalue weighted by Gasteiger charge is 2.24. The van der Waals surface area contributed by atoms with Gasteiger partial charge in [-0.15, -0.1) is 11.3 Å². The molecule has 1 aromatic rings. The Morgan fingerprint density at radius 2 is 2.30 bits per heavy atom. The summed E-state index contributed by atoms with van der Waals surface area (Å²) < 4.78 is 11.0. The van der Waals surface area contributed by atoms with E-state index in [1.807, 2.05) is 5.38 Å². The zero-order valence-electron chi connectivity index (χ0n) is 12.2. The third kappa shape index (κ3) is 4.79. The molecule has 0 amide bonds. The van der Waals surface area contributed by atoms with Gasteiger partial charge in [0, 0.05) is 31.3 Å². The van der Waals surface area contributed by atoms with E-state index >= 15 is 0 Å². The molecule has 0 bridgehead atoms. The van der Waals surface area contributed by atoms with Gasteiger partial charge in [0.2, 0.25) is 0 Å². The Morgan fingerprint density at radius 1 is 1.55 bits per heavy atom. The summed E-state index contributed by atoms with van der Waals surface area (Å²) in [7, 11) is 0. The second-order valence-corrected chi connectivity index (χ2v) is 6.54. The summed E-state index contributed by atoms with van der Waals surface area (Å²) in [5.41, 5.74) is -0.228. The Bertz CT molecular complexity index is 378. The number of aliphatic hydroxyl groups is 1. The van der Waals surface area contributed by atoms with E-state index in [0.29, 0.717) is 13.2 Å². The third-order valence-electron chi connectivity index (χ3n) is 3.44. The van der Waals surface area contributed by atoms with E-state index in [0.717, 1.165) is 31.1 Å². The monoisotopic (exact) mass is 300 g/mol. The number of nitrogens with zero attached hydrogens (tertiary/aromatic N) is 1. The van der Waals surface area contributed by atoms with Gasteiger partial charge >= 0.3 is 0 Å². The summed E-state index contributed by atoms with van der Waals surface area (Å²) in [5, 5.41) is 16.3. The van der Waals surface area contributed by atoms with Gasteiger partial charge in [-0.1, -0.05) is 0 Å². The third-order valence-corrected chi connectivity index (χ3v) is 4.54. The van der Waals surface area contributed by atoms with E-state index < -0.39 is 6.10 Å². The number of nitrogens with one attached hydrogen (secondary N) is 1. The van der Waals surface area contributed by atoms with Crippen LogP contribution in [0.1, 0.15) is 31.7 Å². The Hall–Kier alpha value is -0.530. The Kier molecular flexibility index (Phi) is 5.92. The molecule has 1 unspecified atom stereocenters. The summed E-state index contributed by atoms with van der Waals surface area (Å²) in [5.74, 6) is 0. The van der Waals surface area contributed by atoms with Crippen molar-refractivity contribution in [3.8, 4) is 0 Å². The van der Waals surface area contributed by atoms with Gasteiger partial charge < -0.3 is 19.9 Å². The van der Waals surface area contributed by atoms with Gasteiger partial charge in [0.25, 0.3) is 0 Å². The van der Waals surface area contributed by atoms with Crippen LogP contribution < -0.4 is 5.32 Å². The molecular weight excluding hydrogens is 276 g/mol. The second kappa shape index (κ2) is 7.47. The minimum atomic E-state index is -0.503. The van der Waals surface area contributed by atoms with Gasteiger partial charge in [0.15, 0.2) is 0 Å². The molecule has 1 atom stereocenters. The molecule has 20 heavy (non-hydrogen) atoms. The molecule has 0 radical (unpaired) electrons. The van der Waals surface area contributed by atoms with Crippen LogP contribution in [-0.4, -0.2) is 48.7 Å². The molecule has 0 aromatic carbocycles. The van der Waals surface area contributed by atoms with Crippen LogP contribution in [0.3, 0.4) is 0 Å². The number of hydrogen-bond acceptors (Lipinski definition) is 6. The van der Waals surface area contributed by atoms with Crippen LogP contribution in [0.5, 0.6) is 0 Å². The summed E-state index contributed by atoms with van der Waals surface area (Å²) in [6.45, 7) is 6.52. The van der Waals surface area contributed by atoms with Crippen LogP contribution in [0, 0.1) is 0 Å². The average Bonchev–Trinajstić information content (AvgIpc) is 2.99. The second-order valence-electron chi connectivity index (χ2n) is 5.64. The highest BCUT2D eigenvalue weighted by molar-refractivity contribution is 7.09. The summed E-state index contributed by atoms with van der Waals surface area (Å²) in [4.78, 5) is 4.31. The maximum absolute atomic E-state index is 10.0. The van der Waals surface area contributed by atoms with Crippen molar-refractivity contribution < 1.29 is 14.6 Å². The summed E-state index contributed by atoms with van der Waals surface area (Å²) in [6, 6.07) is 0. The first-order valence-electron chi connectivity index (χ1n) is 7.10. The smallest absolute Gasteiger partial charge is 0.112 e. The van der Waals surface area contributed by atoms with Crippen molar-refractivity contribution in [2.24, 2.45) is 0 Å². The molecule has 0 spiro atoms. The van der Waals surface area contributed by atoms with E-state index in [-0.39, 0.29) is 11.6 Å². The lowest BCUT2D eigenvalue weighted by atomic mass is 10.1. The molecular formula is C14H24N2O3S. The molecule has 1 fully saturated rings. The van der Waals surface area contributed by atoms with Crippen molar-refractivity contribution in [3.05, 3.63) is 16.6 Å². The number of rotatable bonds is 7. The van der Waals surface area contributed by atoms with Crippen LogP contribution in [0.25, 0.3) is 0 Å². The molecule has 0 aliphatic carbocycles. The van der Waals surface area contributed by atoms with Gasteiger partial charge in [-0.05, 0) is 26.7 Å². The van der Waals surface area contributed by atoms with E-state index in [1.165, 1.54) is 0 Å². The Labute approximate surface area is 124 Å². The van der Waals surface area contributed by atoms with Gasteiger partial charge in [-0.25, -0.2) is 4.98 Å². The summed E-state index contributed by atoms with van der Waals surface area (Å²) in [6.07, 6.45) is 3.37. The fraction of sp³-hybridized carbons (Fsp3) is 0.786. The van der Waals surface area contributed by atoms with Crippen LogP contribution in [-0.2, 0) is 15.0 Å². The lowest BCUT2D eigenvalue weighted by Gasteiger charge is -2.27.